The molecule has 1 amide bonds. The zero-order valence-electron chi connectivity index (χ0n) is 12.1. The van der Waals surface area contributed by atoms with E-state index in [1.54, 1.807) is 11.0 Å². The molecule has 1 N–H and O–H groups in total. The number of carbonyl (C=O) groups is 1. The molecule has 1 atom stereocenters. The van der Waals surface area contributed by atoms with Gasteiger partial charge in [-0.15, -0.1) is 0 Å². The van der Waals surface area contributed by atoms with Gasteiger partial charge in [0.2, 0.25) is 10.0 Å². The molecule has 5 nitrogen and oxygen atoms in total. The summed E-state index contributed by atoms with van der Waals surface area (Å²) in [7, 11) is -3.38. The van der Waals surface area contributed by atoms with Crippen molar-refractivity contribution in [2.75, 3.05) is 24.1 Å². The van der Waals surface area contributed by atoms with E-state index >= 15 is 0 Å². The van der Waals surface area contributed by atoms with Crippen LogP contribution in [0.4, 0.5) is 5.69 Å². The predicted octanol–water partition coefficient (Wildman–Crippen LogP) is 2.58. The smallest absolute Gasteiger partial charge is 0.255 e. The molecule has 21 heavy (non-hydrogen) atoms. The van der Waals surface area contributed by atoms with Crippen LogP contribution in [0.3, 0.4) is 0 Å². The van der Waals surface area contributed by atoms with Crippen LogP contribution in [-0.2, 0) is 10.0 Å². The van der Waals surface area contributed by atoms with Gasteiger partial charge in [-0.25, -0.2) is 8.42 Å². The minimum absolute atomic E-state index is 0.149. The van der Waals surface area contributed by atoms with Crippen LogP contribution in [0.15, 0.2) is 18.2 Å². The minimum Gasteiger partial charge on any atom is -0.338 e. The molecule has 1 heterocycles. The van der Waals surface area contributed by atoms with Crippen molar-refractivity contribution >= 4 is 33.2 Å². The molecule has 1 fully saturated rings. The van der Waals surface area contributed by atoms with Crippen molar-refractivity contribution in [2.24, 2.45) is 5.92 Å². The van der Waals surface area contributed by atoms with Crippen LogP contribution in [0.2, 0.25) is 5.02 Å². The lowest BCUT2D eigenvalue weighted by Gasteiger charge is -2.31. The predicted molar refractivity (Wildman–Crippen MR) is 84.2 cm³/mol. The van der Waals surface area contributed by atoms with Crippen molar-refractivity contribution in [3.63, 3.8) is 0 Å². The third kappa shape index (κ3) is 4.35. The lowest BCUT2D eigenvalue weighted by molar-refractivity contribution is 0.0683. The Balaban J connectivity index is 2.25. The van der Waals surface area contributed by atoms with E-state index in [0.717, 1.165) is 19.1 Å². The second-order valence-corrected chi connectivity index (χ2v) is 7.72. The summed E-state index contributed by atoms with van der Waals surface area (Å²) >= 11 is 6.09. The van der Waals surface area contributed by atoms with Gasteiger partial charge in [0.15, 0.2) is 0 Å². The summed E-state index contributed by atoms with van der Waals surface area (Å²) in [5.74, 6) is 0.322. The molecule has 0 saturated carbocycles. The van der Waals surface area contributed by atoms with Gasteiger partial charge in [0.25, 0.3) is 5.91 Å². The molecule has 116 valence electrons. The highest BCUT2D eigenvalue weighted by Gasteiger charge is 2.24. The summed E-state index contributed by atoms with van der Waals surface area (Å²) in [5, 5.41) is 0.331. The Bertz CT molecular complexity index is 646. The van der Waals surface area contributed by atoms with Gasteiger partial charge in [-0.1, -0.05) is 18.5 Å². The molecule has 1 saturated heterocycles. The number of anilines is 1. The number of nitrogens with zero attached hydrogens (tertiary/aromatic N) is 1. The molecule has 0 aromatic heterocycles. The monoisotopic (exact) mass is 330 g/mol. The number of piperidine rings is 1. The minimum atomic E-state index is -3.38. The van der Waals surface area contributed by atoms with Crippen molar-refractivity contribution in [2.45, 2.75) is 19.8 Å². The molecule has 1 aromatic carbocycles. The fourth-order valence-corrected chi connectivity index (χ4v) is 3.26. The van der Waals surface area contributed by atoms with E-state index < -0.39 is 10.0 Å². The number of hydrogen-bond acceptors (Lipinski definition) is 3. The van der Waals surface area contributed by atoms with E-state index in [-0.39, 0.29) is 5.91 Å². The average molecular weight is 331 g/mol. The zero-order chi connectivity index (χ0) is 15.6. The lowest BCUT2D eigenvalue weighted by atomic mass is 9.99. The van der Waals surface area contributed by atoms with Gasteiger partial charge in [-0.2, -0.15) is 0 Å². The largest absolute Gasteiger partial charge is 0.338 e. The van der Waals surface area contributed by atoms with E-state index in [4.69, 9.17) is 11.6 Å². The lowest BCUT2D eigenvalue weighted by Crippen LogP contribution is -2.39. The Hall–Kier alpha value is -1.27. The van der Waals surface area contributed by atoms with Gasteiger partial charge >= 0.3 is 0 Å². The topological polar surface area (TPSA) is 66.5 Å². The number of amides is 1. The molecule has 1 aliphatic heterocycles. The van der Waals surface area contributed by atoms with E-state index in [9.17, 15) is 13.2 Å². The van der Waals surface area contributed by atoms with Gasteiger partial charge in [0.1, 0.15) is 0 Å². The highest BCUT2D eigenvalue weighted by atomic mass is 35.5. The van der Waals surface area contributed by atoms with E-state index in [1.165, 1.54) is 12.1 Å². The molecule has 1 aliphatic rings. The Labute approximate surface area is 130 Å². The van der Waals surface area contributed by atoms with Crippen molar-refractivity contribution in [3.05, 3.63) is 28.8 Å². The quantitative estimate of drug-likeness (QED) is 0.926. The van der Waals surface area contributed by atoms with Crippen LogP contribution in [0.25, 0.3) is 0 Å². The third-order valence-corrected chi connectivity index (χ3v) is 4.38. The number of carbonyl (C=O) groups excluding carboxylic acids is 1. The molecule has 0 spiro atoms. The number of rotatable bonds is 3. The molecule has 0 unspecified atom stereocenters. The first kappa shape index (κ1) is 16.1. The Morgan fingerprint density at radius 3 is 2.76 bits per heavy atom. The van der Waals surface area contributed by atoms with Crippen molar-refractivity contribution in [3.8, 4) is 0 Å². The maximum absolute atomic E-state index is 12.5. The Morgan fingerprint density at radius 1 is 1.43 bits per heavy atom. The number of likely N-dealkylation sites (tertiary alicyclic amines) is 1. The van der Waals surface area contributed by atoms with Crippen LogP contribution < -0.4 is 4.72 Å². The molecule has 2 rings (SSSR count). The van der Waals surface area contributed by atoms with Crippen molar-refractivity contribution < 1.29 is 13.2 Å². The first-order valence-corrected chi connectivity index (χ1v) is 9.10. The van der Waals surface area contributed by atoms with Gasteiger partial charge < -0.3 is 4.90 Å². The number of halogens is 1. The number of nitrogens with one attached hydrogen (secondary N) is 1. The van der Waals surface area contributed by atoms with Crippen molar-refractivity contribution in [1.82, 2.24) is 4.90 Å². The summed E-state index contributed by atoms with van der Waals surface area (Å²) in [6, 6.07) is 4.57. The normalized spacial score (nSPS) is 19.4. The van der Waals surface area contributed by atoms with Gasteiger partial charge in [0, 0.05) is 18.8 Å². The standard InChI is InChI=1S/C14H19ClN2O3S/c1-10-4-3-7-17(9-10)14(18)12-8-11(5-6-13(12)15)16-21(2,19)20/h5-6,8,10,16H,3-4,7,9H2,1-2H3/t10-/m0/s1. The summed E-state index contributed by atoms with van der Waals surface area (Å²) < 4.78 is 24.9. The maximum Gasteiger partial charge on any atom is 0.255 e. The number of sulfonamides is 1. The number of benzene rings is 1. The highest BCUT2D eigenvalue weighted by molar-refractivity contribution is 7.92. The molecule has 1 aromatic rings. The second kappa shape index (κ2) is 6.23. The summed E-state index contributed by atoms with van der Waals surface area (Å²) in [6.45, 7) is 3.53. The maximum atomic E-state index is 12.5. The molecule has 0 radical (unpaired) electrons. The van der Waals surface area contributed by atoms with Gasteiger partial charge in [0.05, 0.1) is 16.8 Å². The van der Waals surface area contributed by atoms with E-state index in [2.05, 4.69) is 11.6 Å². The Kier molecular flexibility index (Phi) is 4.78. The molecular weight excluding hydrogens is 312 g/mol. The third-order valence-electron chi connectivity index (χ3n) is 3.44. The second-order valence-electron chi connectivity index (χ2n) is 5.57. The fourth-order valence-electron chi connectivity index (χ4n) is 2.51. The van der Waals surface area contributed by atoms with E-state index in [1.807, 2.05) is 0 Å². The summed E-state index contributed by atoms with van der Waals surface area (Å²) in [4.78, 5) is 14.3. The Morgan fingerprint density at radius 2 is 2.14 bits per heavy atom. The van der Waals surface area contributed by atoms with Crippen LogP contribution in [0, 0.1) is 5.92 Å². The summed E-state index contributed by atoms with van der Waals surface area (Å²) in [5.41, 5.74) is 0.676. The van der Waals surface area contributed by atoms with Crippen molar-refractivity contribution in [1.29, 1.82) is 0 Å². The molecule has 0 bridgehead atoms. The van der Waals surface area contributed by atoms with Crippen LogP contribution in [0.5, 0.6) is 0 Å². The first-order valence-electron chi connectivity index (χ1n) is 6.83. The molecule has 7 heteroatoms. The highest BCUT2D eigenvalue weighted by Crippen LogP contribution is 2.25. The average Bonchev–Trinajstić information content (AvgIpc) is 2.38. The van der Waals surface area contributed by atoms with Gasteiger partial charge in [-0.05, 0) is 37.0 Å². The zero-order valence-corrected chi connectivity index (χ0v) is 13.7. The van der Waals surface area contributed by atoms with E-state index in [0.29, 0.717) is 35.3 Å². The molecule has 0 aliphatic carbocycles. The van der Waals surface area contributed by atoms with Gasteiger partial charge in [-0.3, -0.25) is 9.52 Å². The van der Waals surface area contributed by atoms with Crippen LogP contribution in [0.1, 0.15) is 30.1 Å². The molecular formula is C14H19ClN2O3S. The number of hydrogen-bond donors (Lipinski definition) is 1. The summed E-state index contributed by atoms with van der Waals surface area (Å²) in [6.07, 6.45) is 3.16. The fraction of sp³-hybridized carbons (Fsp3) is 0.500. The van der Waals surface area contributed by atoms with Crippen LogP contribution >= 0.6 is 11.6 Å². The first-order chi connectivity index (χ1) is 9.76. The SMILES string of the molecule is C[C@H]1CCCN(C(=O)c2cc(NS(C)(=O)=O)ccc2Cl)C1. The van der Waals surface area contributed by atoms with Crippen LogP contribution in [-0.4, -0.2) is 38.6 Å².